The minimum Gasteiger partial charge on any atom is -0.376 e. The number of hydrogen-bond acceptors (Lipinski definition) is 3. The number of nitrogens with zero attached hydrogens (tertiary/aromatic N) is 2. The number of carbonyl (C=O) groups excluding carboxylic acids is 1. The molecular formula is C14H25N3O2. The highest BCUT2D eigenvalue weighted by atomic mass is 16.5. The molecule has 0 radical (unpaired) electrons. The van der Waals surface area contributed by atoms with Crippen LogP contribution in [0.1, 0.15) is 25.7 Å². The molecule has 0 spiro atoms. The maximum Gasteiger partial charge on any atom is 0.320 e. The highest BCUT2D eigenvalue weighted by Gasteiger charge is 2.40. The Labute approximate surface area is 115 Å². The van der Waals surface area contributed by atoms with Crippen molar-refractivity contribution < 1.29 is 9.53 Å². The number of nitrogens with one attached hydrogen (secondary N) is 1. The smallest absolute Gasteiger partial charge is 0.320 e. The first-order valence-corrected chi connectivity index (χ1v) is 7.60. The predicted molar refractivity (Wildman–Crippen MR) is 73.1 cm³/mol. The first-order valence-electron chi connectivity index (χ1n) is 7.60. The van der Waals surface area contributed by atoms with Crippen LogP contribution < -0.4 is 5.32 Å². The summed E-state index contributed by atoms with van der Waals surface area (Å²) < 4.78 is 5.69. The van der Waals surface area contributed by atoms with Gasteiger partial charge in [-0.1, -0.05) is 6.42 Å². The van der Waals surface area contributed by atoms with Crippen LogP contribution in [0.4, 0.5) is 4.79 Å². The van der Waals surface area contributed by atoms with E-state index in [0.717, 1.165) is 45.1 Å². The largest absolute Gasteiger partial charge is 0.376 e. The second kappa shape index (κ2) is 5.67. The van der Waals surface area contributed by atoms with Crippen LogP contribution in [0.5, 0.6) is 0 Å². The zero-order chi connectivity index (χ0) is 13.2. The van der Waals surface area contributed by atoms with Gasteiger partial charge in [-0.2, -0.15) is 0 Å². The SMILES string of the molecule is CN1C(=O)N(CCC2CNCCO2)CC1C1CCC1. The molecule has 0 aromatic carbocycles. The number of urea groups is 1. The molecule has 0 bridgehead atoms. The van der Waals surface area contributed by atoms with E-state index in [9.17, 15) is 4.79 Å². The van der Waals surface area contributed by atoms with Crippen molar-refractivity contribution >= 4 is 6.03 Å². The normalized spacial score (nSPS) is 32.8. The molecule has 2 saturated heterocycles. The van der Waals surface area contributed by atoms with Crippen molar-refractivity contribution in [1.29, 1.82) is 0 Å². The Morgan fingerprint density at radius 2 is 2.26 bits per heavy atom. The van der Waals surface area contributed by atoms with Gasteiger partial charge in [-0.25, -0.2) is 4.79 Å². The van der Waals surface area contributed by atoms with E-state index < -0.39 is 0 Å². The second-order valence-corrected chi connectivity index (χ2v) is 6.08. The number of amides is 2. The van der Waals surface area contributed by atoms with Crippen LogP contribution in [0.15, 0.2) is 0 Å². The maximum atomic E-state index is 12.2. The fraction of sp³-hybridized carbons (Fsp3) is 0.929. The zero-order valence-electron chi connectivity index (χ0n) is 11.8. The number of morpholine rings is 1. The van der Waals surface area contributed by atoms with Crippen molar-refractivity contribution in [3.05, 3.63) is 0 Å². The molecule has 2 atom stereocenters. The molecule has 1 saturated carbocycles. The van der Waals surface area contributed by atoms with E-state index in [1.54, 1.807) is 0 Å². The van der Waals surface area contributed by atoms with Crippen molar-refractivity contribution in [1.82, 2.24) is 15.1 Å². The van der Waals surface area contributed by atoms with Crippen LogP contribution in [-0.4, -0.2) is 67.8 Å². The summed E-state index contributed by atoms with van der Waals surface area (Å²) in [4.78, 5) is 16.2. The second-order valence-electron chi connectivity index (χ2n) is 6.08. The lowest BCUT2D eigenvalue weighted by Gasteiger charge is -2.34. The number of rotatable bonds is 4. The molecule has 3 fully saturated rings. The minimum atomic E-state index is 0.209. The summed E-state index contributed by atoms with van der Waals surface area (Å²) in [6, 6.07) is 0.660. The third-order valence-electron chi connectivity index (χ3n) is 4.90. The van der Waals surface area contributed by atoms with E-state index in [0.29, 0.717) is 6.04 Å². The fourth-order valence-corrected chi connectivity index (χ4v) is 3.37. The van der Waals surface area contributed by atoms with Crippen LogP contribution in [0.25, 0.3) is 0 Å². The number of carbonyl (C=O) groups is 1. The fourth-order valence-electron chi connectivity index (χ4n) is 3.37. The summed E-state index contributed by atoms with van der Waals surface area (Å²) >= 11 is 0. The molecule has 19 heavy (non-hydrogen) atoms. The lowest BCUT2D eigenvalue weighted by molar-refractivity contribution is 0.0199. The summed E-state index contributed by atoms with van der Waals surface area (Å²) in [5, 5.41) is 3.34. The van der Waals surface area contributed by atoms with Gasteiger partial charge < -0.3 is 19.9 Å². The molecule has 2 heterocycles. The van der Waals surface area contributed by atoms with Crippen molar-refractivity contribution in [2.24, 2.45) is 5.92 Å². The highest BCUT2D eigenvalue weighted by molar-refractivity contribution is 5.77. The van der Waals surface area contributed by atoms with Gasteiger partial charge in [-0.05, 0) is 25.2 Å². The van der Waals surface area contributed by atoms with Crippen LogP contribution >= 0.6 is 0 Å². The highest BCUT2D eigenvalue weighted by Crippen LogP contribution is 2.35. The van der Waals surface area contributed by atoms with E-state index in [-0.39, 0.29) is 12.1 Å². The predicted octanol–water partition coefficient (Wildman–Crippen LogP) is 0.901. The summed E-state index contributed by atoms with van der Waals surface area (Å²) in [6.45, 7) is 4.41. The molecule has 3 aliphatic rings. The van der Waals surface area contributed by atoms with Gasteiger partial charge in [0.15, 0.2) is 0 Å². The van der Waals surface area contributed by atoms with Crippen molar-refractivity contribution in [2.45, 2.75) is 37.8 Å². The molecule has 108 valence electrons. The Morgan fingerprint density at radius 3 is 2.89 bits per heavy atom. The molecule has 0 aromatic heterocycles. The molecule has 1 N–H and O–H groups in total. The topological polar surface area (TPSA) is 44.8 Å². The standard InChI is InChI=1S/C14H25N3O2/c1-16-13(11-3-2-4-11)10-17(14(16)18)7-5-12-9-15-6-8-19-12/h11-13,15H,2-10H2,1H3. The van der Waals surface area contributed by atoms with Gasteiger partial charge >= 0.3 is 6.03 Å². The molecule has 5 nitrogen and oxygen atoms in total. The van der Waals surface area contributed by atoms with Gasteiger partial charge in [0.05, 0.1) is 18.8 Å². The third kappa shape index (κ3) is 2.72. The molecular weight excluding hydrogens is 242 g/mol. The van der Waals surface area contributed by atoms with Crippen LogP contribution in [-0.2, 0) is 4.74 Å². The van der Waals surface area contributed by atoms with Gasteiger partial charge in [0.25, 0.3) is 0 Å². The summed E-state index contributed by atoms with van der Waals surface area (Å²) in [7, 11) is 1.96. The minimum absolute atomic E-state index is 0.209. The van der Waals surface area contributed by atoms with E-state index in [4.69, 9.17) is 4.74 Å². The van der Waals surface area contributed by atoms with Crippen LogP contribution in [0, 0.1) is 5.92 Å². The lowest BCUT2D eigenvalue weighted by atomic mass is 9.79. The Kier molecular flexibility index (Phi) is 3.93. The van der Waals surface area contributed by atoms with Crippen molar-refractivity contribution in [3.63, 3.8) is 0 Å². The van der Waals surface area contributed by atoms with Crippen molar-refractivity contribution in [2.75, 3.05) is 39.8 Å². The average Bonchev–Trinajstić information content (AvgIpc) is 2.64. The first-order chi connectivity index (χ1) is 9.25. The molecule has 5 heteroatoms. The van der Waals surface area contributed by atoms with Crippen LogP contribution in [0.3, 0.4) is 0 Å². The lowest BCUT2D eigenvalue weighted by Crippen LogP contribution is -2.41. The third-order valence-corrected chi connectivity index (χ3v) is 4.90. The summed E-state index contributed by atoms with van der Waals surface area (Å²) in [5.41, 5.74) is 0. The van der Waals surface area contributed by atoms with Gasteiger partial charge in [0, 0.05) is 33.2 Å². The Balaban J connectivity index is 1.49. The quantitative estimate of drug-likeness (QED) is 0.823. The Morgan fingerprint density at radius 1 is 1.42 bits per heavy atom. The zero-order valence-corrected chi connectivity index (χ0v) is 11.8. The van der Waals surface area contributed by atoms with Crippen molar-refractivity contribution in [3.8, 4) is 0 Å². The Bertz CT molecular complexity index is 327. The van der Waals surface area contributed by atoms with Gasteiger partial charge in [0.2, 0.25) is 0 Å². The van der Waals surface area contributed by atoms with E-state index in [1.807, 2.05) is 16.8 Å². The molecule has 1 aliphatic carbocycles. The molecule has 2 aliphatic heterocycles. The molecule has 3 rings (SSSR count). The van der Waals surface area contributed by atoms with E-state index >= 15 is 0 Å². The van der Waals surface area contributed by atoms with Gasteiger partial charge in [0.1, 0.15) is 0 Å². The Hall–Kier alpha value is -0.810. The maximum absolute atomic E-state index is 12.2. The molecule has 2 amide bonds. The number of ether oxygens (including phenoxy) is 1. The van der Waals surface area contributed by atoms with E-state index in [2.05, 4.69) is 5.32 Å². The average molecular weight is 267 g/mol. The van der Waals surface area contributed by atoms with Crippen LogP contribution in [0.2, 0.25) is 0 Å². The number of hydrogen-bond donors (Lipinski definition) is 1. The van der Waals surface area contributed by atoms with E-state index in [1.165, 1.54) is 19.3 Å². The summed E-state index contributed by atoms with van der Waals surface area (Å²) in [6.07, 6.45) is 5.15. The first kappa shape index (κ1) is 13.2. The molecule has 2 unspecified atom stereocenters. The number of likely N-dealkylation sites (N-methyl/N-ethyl adjacent to an activating group) is 1. The summed E-state index contributed by atoms with van der Waals surface area (Å²) in [5.74, 6) is 0.742. The monoisotopic (exact) mass is 267 g/mol. The van der Waals surface area contributed by atoms with Gasteiger partial charge in [-0.3, -0.25) is 0 Å². The van der Waals surface area contributed by atoms with Gasteiger partial charge in [-0.15, -0.1) is 0 Å². The molecule has 0 aromatic rings.